The van der Waals surface area contributed by atoms with Crippen molar-refractivity contribution in [2.45, 2.75) is 12.7 Å². The van der Waals surface area contributed by atoms with Gasteiger partial charge in [0.25, 0.3) is 5.91 Å². The Labute approximate surface area is 213 Å². The summed E-state index contributed by atoms with van der Waals surface area (Å²) in [5.74, 6) is 1.17. The maximum atomic E-state index is 14.0. The minimum absolute atomic E-state index is 0.0530. The van der Waals surface area contributed by atoms with E-state index in [-0.39, 0.29) is 5.91 Å². The zero-order chi connectivity index (χ0) is 24.4. The fraction of sp³-hybridized carbons (Fsp3) is 0.138. The number of hydrogen-bond donors (Lipinski definition) is 0. The van der Waals surface area contributed by atoms with Crippen LogP contribution in [-0.2, 0) is 6.54 Å². The minimum Gasteiger partial charge on any atom is -0.493 e. The molecule has 0 spiro atoms. The zero-order valence-electron chi connectivity index (χ0n) is 19.5. The number of rotatable bonds is 6. The topological polar surface area (TPSA) is 42.0 Å². The van der Waals surface area contributed by atoms with Gasteiger partial charge in [0.1, 0.15) is 6.17 Å². The number of hydrogen-bond acceptors (Lipinski definition) is 4. The van der Waals surface area contributed by atoms with Gasteiger partial charge in [-0.3, -0.25) is 9.69 Å². The quantitative estimate of drug-likeness (QED) is 0.275. The molecule has 1 atom stereocenters. The predicted molar refractivity (Wildman–Crippen MR) is 142 cm³/mol. The molecule has 1 aliphatic rings. The van der Waals surface area contributed by atoms with Gasteiger partial charge >= 0.3 is 0 Å². The van der Waals surface area contributed by atoms with Crippen molar-refractivity contribution in [3.05, 3.63) is 118 Å². The van der Waals surface area contributed by atoms with E-state index in [0.717, 1.165) is 27.0 Å². The molecule has 4 aromatic rings. The molecule has 0 radical (unpaired) electrons. The van der Waals surface area contributed by atoms with Crippen molar-refractivity contribution in [2.24, 2.45) is 0 Å². The minimum atomic E-state index is -0.436. The van der Waals surface area contributed by atoms with Gasteiger partial charge in [0.2, 0.25) is 0 Å². The van der Waals surface area contributed by atoms with Gasteiger partial charge in [0.15, 0.2) is 11.5 Å². The molecule has 5 nitrogen and oxygen atoms in total. The molecule has 0 unspecified atom stereocenters. The SMILES string of the molecule is COc1cc(Br)c([C@@H]2N(Cc3ccccc3)c3ccccc3C(=O)N2c2ccccc2)cc1OC. The number of carbonyl (C=O) groups is 1. The molecule has 0 saturated carbocycles. The van der Waals surface area contributed by atoms with Crippen LogP contribution in [0.15, 0.2) is 102 Å². The Morgan fingerprint density at radius 3 is 2.09 bits per heavy atom. The van der Waals surface area contributed by atoms with Crippen LogP contribution in [0.25, 0.3) is 0 Å². The van der Waals surface area contributed by atoms with Crippen molar-refractivity contribution in [1.82, 2.24) is 0 Å². The van der Waals surface area contributed by atoms with Crippen LogP contribution in [0.2, 0.25) is 0 Å². The first-order chi connectivity index (χ1) is 17.1. The van der Waals surface area contributed by atoms with Gasteiger partial charge in [-0.15, -0.1) is 0 Å². The summed E-state index contributed by atoms with van der Waals surface area (Å²) in [6, 6.07) is 31.7. The van der Waals surface area contributed by atoms with Gasteiger partial charge < -0.3 is 14.4 Å². The van der Waals surface area contributed by atoms with Crippen LogP contribution in [0.3, 0.4) is 0 Å². The Morgan fingerprint density at radius 1 is 0.800 bits per heavy atom. The van der Waals surface area contributed by atoms with Crippen molar-refractivity contribution in [1.29, 1.82) is 0 Å². The first kappa shape index (κ1) is 23.0. The van der Waals surface area contributed by atoms with Crippen molar-refractivity contribution >= 4 is 33.2 Å². The number of amides is 1. The first-order valence-corrected chi connectivity index (χ1v) is 12.1. The first-order valence-electron chi connectivity index (χ1n) is 11.3. The van der Waals surface area contributed by atoms with E-state index in [1.54, 1.807) is 14.2 Å². The Hall–Kier alpha value is -3.77. The third kappa shape index (κ3) is 4.26. The largest absolute Gasteiger partial charge is 0.493 e. The number of halogens is 1. The molecule has 1 aliphatic heterocycles. The third-order valence-electron chi connectivity index (χ3n) is 6.21. The van der Waals surface area contributed by atoms with E-state index in [9.17, 15) is 4.79 Å². The summed E-state index contributed by atoms with van der Waals surface area (Å²) in [5, 5.41) is 0. The van der Waals surface area contributed by atoms with Crippen molar-refractivity contribution in [2.75, 3.05) is 24.0 Å². The standard InChI is InChI=1S/C29H25BrN2O3/c1-34-26-17-23(24(30)18-27(26)35-2)28-31(19-20-11-5-3-6-12-20)25-16-10-9-15-22(25)29(33)32(28)21-13-7-4-8-14-21/h3-18,28H,19H2,1-2H3/t28-/m1/s1. The van der Waals surface area contributed by atoms with E-state index in [4.69, 9.17) is 9.47 Å². The molecule has 4 aromatic carbocycles. The molecule has 35 heavy (non-hydrogen) atoms. The lowest BCUT2D eigenvalue weighted by atomic mass is 9.98. The molecule has 0 fully saturated rings. The highest BCUT2D eigenvalue weighted by Crippen LogP contribution is 2.46. The number of methoxy groups -OCH3 is 2. The van der Waals surface area contributed by atoms with Gasteiger partial charge in [-0.25, -0.2) is 0 Å². The molecule has 6 heteroatoms. The van der Waals surface area contributed by atoms with Crippen LogP contribution >= 0.6 is 15.9 Å². The molecule has 0 aliphatic carbocycles. The lowest BCUT2D eigenvalue weighted by Crippen LogP contribution is -2.49. The van der Waals surface area contributed by atoms with Crippen LogP contribution in [0.5, 0.6) is 11.5 Å². The van der Waals surface area contributed by atoms with Gasteiger partial charge in [-0.05, 0) is 42.0 Å². The number of carbonyl (C=O) groups excluding carboxylic acids is 1. The molecule has 5 rings (SSSR count). The summed E-state index contributed by atoms with van der Waals surface area (Å²) in [7, 11) is 3.23. The van der Waals surface area contributed by atoms with Gasteiger partial charge in [-0.1, -0.05) is 76.6 Å². The summed E-state index contributed by atoms with van der Waals surface area (Å²) in [6.45, 7) is 0.611. The lowest BCUT2D eigenvalue weighted by molar-refractivity contribution is 0.0968. The third-order valence-corrected chi connectivity index (χ3v) is 6.90. The van der Waals surface area contributed by atoms with Crippen LogP contribution < -0.4 is 19.3 Å². The number of anilines is 2. The Kier molecular flexibility index (Phi) is 6.47. The summed E-state index contributed by atoms with van der Waals surface area (Å²) >= 11 is 3.76. The molecule has 0 saturated heterocycles. The average molecular weight is 529 g/mol. The van der Waals surface area contributed by atoms with Crippen molar-refractivity contribution in [3.8, 4) is 11.5 Å². The molecule has 0 bridgehead atoms. The highest BCUT2D eigenvalue weighted by molar-refractivity contribution is 9.10. The fourth-order valence-corrected chi connectivity index (χ4v) is 5.12. The predicted octanol–water partition coefficient (Wildman–Crippen LogP) is 6.83. The second kappa shape index (κ2) is 9.84. The molecule has 1 amide bonds. The summed E-state index contributed by atoms with van der Waals surface area (Å²) < 4.78 is 12.0. The van der Waals surface area contributed by atoms with E-state index in [1.807, 2.05) is 89.8 Å². The van der Waals surface area contributed by atoms with E-state index in [2.05, 4.69) is 33.0 Å². The Bertz CT molecular complexity index is 1340. The second-order valence-corrected chi connectivity index (χ2v) is 9.10. The van der Waals surface area contributed by atoms with Crippen molar-refractivity contribution in [3.63, 3.8) is 0 Å². The summed E-state index contributed by atoms with van der Waals surface area (Å²) in [6.07, 6.45) is -0.436. The number of nitrogens with zero attached hydrogens (tertiary/aromatic N) is 2. The summed E-state index contributed by atoms with van der Waals surface area (Å²) in [5.41, 5.74) is 4.41. The van der Waals surface area contributed by atoms with Gasteiger partial charge in [-0.2, -0.15) is 0 Å². The Balaban J connectivity index is 1.77. The molecular weight excluding hydrogens is 504 g/mol. The average Bonchev–Trinajstić information content (AvgIpc) is 2.91. The number of ether oxygens (including phenoxy) is 2. The van der Waals surface area contributed by atoms with E-state index in [1.165, 1.54) is 0 Å². The number of fused-ring (bicyclic) bond motifs is 1. The monoisotopic (exact) mass is 528 g/mol. The lowest BCUT2D eigenvalue weighted by Gasteiger charge is -2.46. The highest BCUT2D eigenvalue weighted by atomic mass is 79.9. The normalized spacial score (nSPS) is 15.1. The van der Waals surface area contributed by atoms with Crippen LogP contribution in [-0.4, -0.2) is 20.1 Å². The molecule has 1 heterocycles. The van der Waals surface area contributed by atoms with E-state index < -0.39 is 6.17 Å². The maximum Gasteiger partial charge on any atom is 0.262 e. The van der Waals surface area contributed by atoms with Crippen LogP contribution in [0.1, 0.15) is 27.7 Å². The Morgan fingerprint density at radius 2 is 1.40 bits per heavy atom. The van der Waals surface area contributed by atoms with E-state index >= 15 is 0 Å². The van der Waals surface area contributed by atoms with Gasteiger partial charge in [0.05, 0.1) is 25.5 Å². The second-order valence-electron chi connectivity index (χ2n) is 8.24. The smallest absolute Gasteiger partial charge is 0.262 e. The van der Waals surface area contributed by atoms with E-state index in [0.29, 0.717) is 23.6 Å². The van der Waals surface area contributed by atoms with Crippen molar-refractivity contribution < 1.29 is 14.3 Å². The van der Waals surface area contributed by atoms with Crippen LogP contribution in [0.4, 0.5) is 11.4 Å². The summed E-state index contributed by atoms with van der Waals surface area (Å²) in [4.78, 5) is 18.1. The number of benzene rings is 4. The molecular formula is C29H25BrN2O3. The zero-order valence-corrected chi connectivity index (χ0v) is 21.1. The number of para-hydroxylation sites is 2. The fourth-order valence-electron chi connectivity index (χ4n) is 4.59. The molecule has 176 valence electrons. The van der Waals surface area contributed by atoms with Gasteiger partial charge in [0, 0.05) is 22.3 Å². The highest BCUT2D eigenvalue weighted by Gasteiger charge is 2.40. The molecule has 0 aromatic heterocycles. The molecule has 0 N–H and O–H groups in total. The maximum absolute atomic E-state index is 14.0. The van der Waals surface area contributed by atoms with Crippen LogP contribution in [0, 0.1) is 0 Å².